The number of benzene rings is 3. The molecule has 7 heteroatoms. The zero-order valence-electron chi connectivity index (χ0n) is 16.5. The largest absolute Gasteiger partial charge is 0.497 e. The first kappa shape index (κ1) is 21.4. The van der Waals surface area contributed by atoms with Crippen LogP contribution in [-0.4, -0.2) is 24.2 Å². The standard InChI is InChI=1S/C23H21FN2O3S/c1-15(22(27)26-21-12-4-3-11-20(21)24)30-19-10-6-8-17(14-19)25-23(28)16-7-5-9-18(13-16)29-2/h3-15H,1-2H3,(H,25,28)(H,26,27). The van der Waals surface area contributed by atoms with Gasteiger partial charge in [0.25, 0.3) is 5.91 Å². The number of ether oxygens (including phenoxy) is 1. The van der Waals surface area contributed by atoms with E-state index in [1.165, 1.54) is 23.9 Å². The summed E-state index contributed by atoms with van der Waals surface area (Å²) in [6.07, 6.45) is 0. The number of carbonyl (C=O) groups excluding carboxylic acids is 2. The molecule has 1 unspecified atom stereocenters. The molecule has 3 aromatic carbocycles. The topological polar surface area (TPSA) is 67.4 Å². The number of rotatable bonds is 7. The number of amides is 2. The molecule has 0 radical (unpaired) electrons. The van der Waals surface area contributed by atoms with Gasteiger partial charge in [-0.2, -0.15) is 0 Å². The zero-order chi connectivity index (χ0) is 21.5. The first-order valence-electron chi connectivity index (χ1n) is 9.24. The molecule has 0 fully saturated rings. The maximum absolute atomic E-state index is 13.7. The van der Waals surface area contributed by atoms with Crippen molar-refractivity contribution in [3.63, 3.8) is 0 Å². The summed E-state index contributed by atoms with van der Waals surface area (Å²) in [5.41, 5.74) is 1.23. The van der Waals surface area contributed by atoms with E-state index in [4.69, 9.17) is 4.74 Å². The second-order valence-corrected chi connectivity index (χ2v) is 7.86. The fourth-order valence-corrected chi connectivity index (χ4v) is 3.60. The van der Waals surface area contributed by atoms with Crippen LogP contribution >= 0.6 is 11.8 Å². The number of hydrogen-bond donors (Lipinski definition) is 2. The Morgan fingerprint density at radius 3 is 2.50 bits per heavy atom. The molecule has 2 N–H and O–H groups in total. The van der Waals surface area contributed by atoms with E-state index in [0.29, 0.717) is 17.0 Å². The van der Waals surface area contributed by atoms with Gasteiger partial charge < -0.3 is 15.4 Å². The Labute approximate surface area is 178 Å². The van der Waals surface area contributed by atoms with Crippen molar-refractivity contribution < 1.29 is 18.7 Å². The molecule has 0 heterocycles. The molecule has 3 aromatic rings. The second kappa shape index (κ2) is 9.93. The Hall–Kier alpha value is -3.32. The van der Waals surface area contributed by atoms with Crippen LogP contribution in [-0.2, 0) is 4.79 Å². The molecule has 2 amide bonds. The number of para-hydroxylation sites is 1. The Bertz CT molecular complexity index is 1060. The van der Waals surface area contributed by atoms with Gasteiger partial charge in [-0.1, -0.05) is 24.3 Å². The lowest BCUT2D eigenvalue weighted by Gasteiger charge is -2.13. The molecule has 1 atom stereocenters. The zero-order valence-corrected chi connectivity index (χ0v) is 17.3. The highest BCUT2D eigenvalue weighted by molar-refractivity contribution is 8.00. The van der Waals surface area contributed by atoms with Gasteiger partial charge in [-0.15, -0.1) is 11.8 Å². The third-order valence-corrected chi connectivity index (χ3v) is 5.33. The predicted octanol–water partition coefficient (Wildman–Crippen LogP) is 5.21. The van der Waals surface area contributed by atoms with Crippen molar-refractivity contribution in [1.29, 1.82) is 0 Å². The van der Waals surface area contributed by atoms with Crippen molar-refractivity contribution in [2.45, 2.75) is 17.1 Å². The number of carbonyl (C=O) groups is 2. The normalized spacial score (nSPS) is 11.4. The van der Waals surface area contributed by atoms with Gasteiger partial charge in [0.05, 0.1) is 18.0 Å². The smallest absolute Gasteiger partial charge is 0.255 e. The maximum atomic E-state index is 13.7. The minimum absolute atomic E-state index is 0.147. The van der Waals surface area contributed by atoms with Crippen molar-refractivity contribution in [2.75, 3.05) is 17.7 Å². The summed E-state index contributed by atoms with van der Waals surface area (Å²) in [6.45, 7) is 1.74. The van der Waals surface area contributed by atoms with Gasteiger partial charge in [0.2, 0.25) is 5.91 Å². The van der Waals surface area contributed by atoms with Crippen LogP contribution in [0.15, 0.2) is 77.7 Å². The molecule has 0 aliphatic carbocycles. The SMILES string of the molecule is COc1cccc(C(=O)Nc2cccc(SC(C)C(=O)Nc3ccccc3F)c2)c1. The highest BCUT2D eigenvalue weighted by Crippen LogP contribution is 2.27. The molecule has 30 heavy (non-hydrogen) atoms. The van der Waals surface area contributed by atoms with Crippen LogP contribution in [0.5, 0.6) is 5.75 Å². The molecule has 0 aromatic heterocycles. The summed E-state index contributed by atoms with van der Waals surface area (Å²) >= 11 is 1.31. The van der Waals surface area contributed by atoms with E-state index >= 15 is 0 Å². The van der Waals surface area contributed by atoms with Gasteiger partial charge in [0, 0.05) is 16.1 Å². The molecule has 0 saturated carbocycles. The van der Waals surface area contributed by atoms with Crippen molar-refractivity contribution >= 4 is 35.0 Å². The van der Waals surface area contributed by atoms with Crippen LogP contribution in [0.1, 0.15) is 17.3 Å². The Morgan fingerprint density at radius 2 is 1.73 bits per heavy atom. The monoisotopic (exact) mass is 424 g/mol. The maximum Gasteiger partial charge on any atom is 0.255 e. The summed E-state index contributed by atoms with van der Waals surface area (Å²) in [5.74, 6) is -0.454. The second-order valence-electron chi connectivity index (χ2n) is 6.44. The highest BCUT2D eigenvalue weighted by Gasteiger charge is 2.16. The summed E-state index contributed by atoms with van der Waals surface area (Å²) < 4.78 is 18.9. The van der Waals surface area contributed by atoms with E-state index in [-0.39, 0.29) is 17.5 Å². The van der Waals surface area contributed by atoms with Gasteiger partial charge in [-0.05, 0) is 55.5 Å². The molecule has 0 aliphatic heterocycles. The summed E-state index contributed by atoms with van der Waals surface area (Å²) in [6, 6.07) is 20.1. The third kappa shape index (κ3) is 5.61. The number of nitrogens with one attached hydrogen (secondary N) is 2. The van der Waals surface area contributed by atoms with Gasteiger partial charge in [-0.3, -0.25) is 9.59 Å². The highest BCUT2D eigenvalue weighted by atomic mass is 32.2. The average molecular weight is 424 g/mol. The molecule has 0 saturated heterocycles. The lowest BCUT2D eigenvalue weighted by Crippen LogP contribution is -2.22. The minimum atomic E-state index is -0.481. The van der Waals surface area contributed by atoms with E-state index in [2.05, 4.69) is 10.6 Å². The molecule has 3 rings (SSSR count). The fraction of sp³-hybridized carbons (Fsp3) is 0.130. The van der Waals surface area contributed by atoms with Crippen molar-refractivity contribution in [2.24, 2.45) is 0 Å². The molecule has 0 bridgehead atoms. The van der Waals surface area contributed by atoms with Crippen molar-refractivity contribution in [3.05, 3.63) is 84.2 Å². The third-order valence-electron chi connectivity index (χ3n) is 4.24. The number of hydrogen-bond acceptors (Lipinski definition) is 4. The summed E-state index contributed by atoms with van der Waals surface area (Å²) in [5, 5.41) is 4.97. The Balaban J connectivity index is 1.64. The Morgan fingerprint density at radius 1 is 0.967 bits per heavy atom. The van der Waals surface area contributed by atoms with Gasteiger partial charge in [0.15, 0.2) is 0 Å². The van der Waals surface area contributed by atoms with E-state index in [9.17, 15) is 14.0 Å². The van der Waals surface area contributed by atoms with Crippen LogP contribution in [0.3, 0.4) is 0 Å². The number of anilines is 2. The van der Waals surface area contributed by atoms with E-state index in [1.54, 1.807) is 68.6 Å². The average Bonchev–Trinajstić information content (AvgIpc) is 2.75. The summed E-state index contributed by atoms with van der Waals surface area (Å²) in [7, 11) is 1.54. The number of thioether (sulfide) groups is 1. The molecule has 0 spiro atoms. The summed E-state index contributed by atoms with van der Waals surface area (Å²) in [4.78, 5) is 25.7. The lowest BCUT2D eigenvalue weighted by atomic mass is 10.2. The van der Waals surface area contributed by atoms with Crippen LogP contribution in [0.2, 0.25) is 0 Å². The van der Waals surface area contributed by atoms with E-state index in [0.717, 1.165) is 4.90 Å². The van der Waals surface area contributed by atoms with Crippen LogP contribution in [0.25, 0.3) is 0 Å². The number of halogens is 1. The van der Waals surface area contributed by atoms with Crippen LogP contribution in [0, 0.1) is 5.82 Å². The van der Waals surface area contributed by atoms with Gasteiger partial charge in [0.1, 0.15) is 11.6 Å². The van der Waals surface area contributed by atoms with E-state index < -0.39 is 11.1 Å². The molecule has 154 valence electrons. The number of methoxy groups -OCH3 is 1. The van der Waals surface area contributed by atoms with Gasteiger partial charge >= 0.3 is 0 Å². The first-order chi connectivity index (χ1) is 14.5. The Kier molecular flexibility index (Phi) is 7.08. The van der Waals surface area contributed by atoms with E-state index in [1.807, 2.05) is 6.07 Å². The van der Waals surface area contributed by atoms with Gasteiger partial charge in [-0.25, -0.2) is 4.39 Å². The molecular formula is C23H21FN2O3S. The molecular weight excluding hydrogens is 403 g/mol. The first-order valence-corrected chi connectivity index (χ1v) is 10.1. The lowest BCUT2D eigenvalue weighted by molar-refractivity contribution is -0.115. The minimum Gasteiger partial charge on any atom is -0.497 e. The molecule has 0 aliphatic rings. The van der Waals surface area contributed by atoms with Crippen LogP contribution < -0.4 is 15.4 Å². The predicted molar refractivity (Wildman–Crippen MR) is 118 cm³/mol. The molecule has 5 nitrogen and oxygen atoms in total. The van der Waals surface area contributed by atoms with Crippen LogP contribution in [0.4, 0.5) is 15.8 Å². The van der Waals surface area contributed by atoms with Crippen molar-refractivity contribution in [1.82, 2.24) is 0 Å². The quantitative estimate of drug-likeness (QED) is 0.511. The fourth-order valence-electron chi connectivity index (χ4n) is 2.67. The van der Waals surface area contributed by atoms with Crippen molar-refractivity contribution in [3.8, 4) is 5.75 Å².